The molecule has 162 valence electrons. The third kappa shape index (κ3) is 8.23. The van der Waals surface area contributed by atoms with Crippen molar-refractivity contribution in [1.82, 2.24) is 5.32 Å². The minimum atomic E-state index is -0.403. The zero-order valence-electron chi connectivity index (χ0n) is 17.8. The summed E-state index contributed by atoms with van der Waals surface area (Å²) in [5.74, 6) is 0.225. The topological polar surface area (TPSA) is 81.7 Å². The number of aryl methyl sites for hydroxylation is 1. The second-order valence-electron chi connectivity index (χ2n) is 7.65. The van der Waals surface area contributed by atoms with E-state index < -0.39 is 6.09 Å². The number of carbonyl (C=O) groups is 3. The summed E-state index contributed by atoms with van der Waals surface area (Å²) in [5, 5.41) is 2.75. The molecule has 6 nitrogen and oxygen atoms in total. The summed E-state index contributed by atoms with van der Waals surface area (Å²) in [6, 6.07) is 7.95. The lowest BCUT2D eigenvalue weighted by Crippen LogP contribution is -2.26. The molecule has 0 bridgehead atoms. The molecule has 30 heavy (non-hydrogen) atoms. The Morgan fingerprint density at radius 2 is 1.93 bits per heavy atom. The van der Waals surface area contributed by atoms with Crippen LogP contribution in [0.3, 0.4) is 0 Å². The smallest absolute Gasteiger partial charge is 0.407 e. The van der Waals surface area contributed by atoms with Gasteiger partial charge in [0.05, 0.1) is 13.7 Å². The molecule has 2 atom stereocenters. The zero-order chi connectivity index (χ0) is 21.9. The van der Waals surface area contributed by atoms with E-state index in [1.165, 1.54) is 18.7 Å². The van der Waals surface area contributed by atoms with Gasteiger partial charge in [-0.05, 0) is 67.7 Å². The van der Waals surface area contributed by atoms with Crippen LogP contribution in [-0.2, 0) is 25.5 Å². The van der Waals surface area contributed by atoms with Crippen LogP contribution >= 0.6 is 0 Å². The highest BCUT2D eigenvalue weighted by atomic mass is 16.5. The lowest BCUT2D eigenvalue weighted by atomic mass is 10.1. The number of esters is 1. The van der Waals surface area contributed by atoms with E-state index in [0.717, 1.165) is 37.7 Å². The summed E-state index contributed by atoms with van der Waals surface area (Å²) in [5.41, 5.74) is 2.74. The molecular formula is C24H31NO5. The Morgan fingerprint density at radius 1 is 1.20 bits per heavy atom. The number of amides is 1. The van der Waals surface area contributed by atoms with Gasteiger partial charge >= 0.3 is 12.1 Å². The first-order chi connectivity index (χ1) is 14.4. The van der Waals surface area contributed by atoms with Crippen LogP contribution in [0.25, 0.3) is 6.08 Å². The van der Waals surface area contributed by atoms with Gasteiger partial charge in [0, 0.05) is 18.5 Å². The van der Waals surface area contributed by atoms with Crippen molar-refractivity contribution in [1.29, 1.82) is 0 Å². The van der Waals surface area contributed by atoms with Gasteiger partial charge in [0.25, 0.3) is 0 Å². The largest absolute Gasteiger partial charge is 0.466 e. The molecule has 0 heterocycles. The number of hydrogen-bond donors (Lipinski definition) is 1. The normalized spacial score (nSPS) is 17.4. The number of benzene rings is 1. The first kappa shape index (κ1) is 23.4. The third-order valence-corrected chi connectivity index (χ3v) is 5.15. The van der Waals surface area contributed by atoms with E-state index in [1.807, 2.05) is 24.3 Å². The minimum Gasteiger partial charge on any atom is -0.466 e. The maximum Gasteiger partial charge on any atom is 0.407 e. The van der Waals surface area contributed by atoms with Crippen molar-refractivity contribution in [3.63, 3.8) is 0 Å². The fourth-order valence-electron chi connectivity index (χ4n) is 3.24. The number of alkyl carbamates (subject to hydrolysis) is 1. The molecule has 2 unspecified atom stereocenters. The number of ketones is 1. The van der Waals surface area contributed by atoms with Crippen molar-refractivity contribution >= 4 is 23.9 Å². The van der Waals surface area contributed by atoms with Crippen LogP contribution in [-0.4, -0.2) is 38.1 Å². The first-order valence-electron chi connectivity index (χ1n) is 10.4. The highest BCUT2D eigenvalue weighted by Crippen LogP contribution is 2.42. The third-order valence-electron chi connectivity index (χ3n) is 5.15. The number of allylic oxidation sites excluding steroid dienone is 1. The van der Waals surface area contributed by atoms with Crippen LogP contribution < -0.4 is 5.32 Å². The zero-order valence-corrected chi connectivity index (χ0v) is 17.8. The molecule has 0 aromatic heterocycles. The van der Waals surface area contributed by atoms with E-state index in [1.54, 1.807) is 13.0 Å². The molecule has 1 aliphatic rings. The van der Waals surface area contributed by atoms with Gasteiger partial charge in [-0.25, -0.2) is 9.59 Å². The number of Topliss-reactive ketones (excluding diaryl/α,β-unsaturated/α-hetero) is 1. The van der Waals surface area contributed by atoms with Crippen LogP contribution in [0, 0.1) is 11.8 Å². The van der Waals surface area contributed by atoms with Crippen molar-refractivity contribution in [2.45, 2.75) is 39.0 Å². The maximum atomic E-state index is 11.8. The Morgan fingerprint density at radius 3 is 2.60 bits per heavy atom. The predicted molar refractivity (Wildman–Crippen MR) is 116 cm³/mol. The van der Waals surface area contributed by atoms with Crippen molar-refractivity contribution < 1.29 is 23.9 Å². The van der Waals surface area contributed by atoms with Crippen molar-refractivity contribution in [3.8, 4) is 0 Å². The number of nitrogens with one attached hydrogen (secondary N) is 1. The molecule has 1 saturated carbocycles. The Balaban J connectivity index is 1.52. The molecule has 0 radical (unpaired) electrons. The maximum absolute atomic E-state index is 11.8. The molecule has 1 fully saturated rings. The molecule has 0 aliphatic heterocycles. The lowest BCUT2D eigenvalue weighted by molar-refractivity contribution is -0.134. The molecule has 1 amide bonds. The predicted octanol–water partition coefficient (Wildman–Crippen LogP) is 4.09. The SMILES string of the molecule is C=C(C)C(=O)C1CC1CCNC(=O)OCCCCc1ccc(/C=C/C(=O)OC)cc1. The van der Waals surface area contributed by atoms with Gasteiger partial charge in [0.2, 0.25) is 0 Å². The molecule has 6 heteroatoms. The van der Waals surface area contributed by atoms with Crippen molar-refractivity contribution in [3.05, 3.63) is 53.6 Å². The second kappa shape index (κ2) is 12.0. The van der Waals surface area contributed by atoms with Crippen molar-refractivity contribution in [2.24, 2.45) is 11.8 Å². The Bertz CT molecular complexity index is 781. The molecule has 0 spiro atoms. The Kier molecular flexibility index (Phi) is 9.32. The summed E-state index contributed by atoms with van der Waals surface area (Å²) in [6.07, 6.45) is 6.99. The van der Waals surface area contributed by atoms with Crippen molar-refractivity contribution in [2.75, 3.05) is 20.3 Å². The second-order valence-corrected chi connectivity index (χ2v) is 7.65. The molecule has 1 aliphatic carbocycles. The van der Waals surface area contributed by atoms with Gasteiger partial charge in [-0.2, -0.15) is 0 Å². The number of methoxy groups -OCH3 is 1. The average Bonchev–Trinajstić information content (AvgIpc) is 3.51. The highest BCUT2D eigenvalue weighted by molar-refractivity contribution is 5.97. The fraction of sp³-hybridized carbons (Fsp3) is 0.458. The summed E-state index contributed by atoms with van der Waals surface area (Å²) in [6.45, 7) is 6.34. The monoisotopic (exact) mass is 413 g/mol. The summed E-state index contributed by atoms with van der Waals surface area (Å²) < 4.78 is 9.76. The Hall–Kier alpha value is -2.89. The van der Waals surface area contributed by atoms with Crippen LogP contribution in [0.15, 0.2) is 42.5 Å². The molecule has 1 aromatic carbocycles. The molecule has 2 rings (SSSR count). The summed E-state index contributed by atoms with van der Waals surface area (Å²) >= 11 is 0. The first-order valence-corrected chi connectivity index (χ1v) is 10.4. The van der Waals surface area contributed by atoms with E-state index in [9.17, 15) is 14.4 Å². The van der Waals surface area contributed by atoms with Crippen LogP contribution in [0.4, 0.5) is 4.79 Å². The van der Waals surface area contributed by atoms with E-state index >= 15 is 0 Å². The summed E-state index contributed by atoms with van der Waals surface area (Å²) in [4.78, 5) is 34.6. The van der Waals surface area contributed by atoms with Crippen LogP contribution in [0.5, 0.6) is 0 Å². The van der Waals surface area contributed by atoms with E-state index in [2.05, 4.69) is 16.6 Å². The van der Waals surface area contributed by atoms with Gasteiger partial charge < -0.3 is 14.8 Å². The number of rotatable bonds is 12. The number of carbonyl (C=O) groups excluding carboxylic acids is 3. The fourth-order valence-corrected chi connectivity index (χ4v) is 3.24. The lowest BCUT2D eigenvalue weighted by Gasteiger charge is -2.07. The number of ether oxygens (including phenoxy) is 2. The van der Waals surface area contributed by atoms with Gasteiger partial charge in [-0.1, -0.05) is 30.8 Å². The quantitative estimate of drug-likeness (QED) is 0.317. The van der Waals surface area contributed by atoms with Gasteiger partial charge in [-0.15, -0.1) is 0 Å². The van der Waals surface area contributed by atoms with Gasteiger partial charge in [0.15, 0.2) is 5.78 Å². The number of unbranched alkanes of at least 4 members (excludes halogenated alkanes) is 1. The van der Waals surface area contributed by atoms with Gasteiger partial charge in [-0.3, -0.25) is 4.79 Å². The van der Waals surface area contributed by atoms with Crippen LogP contribution in [0.2, 0.25) is 0 Å². The molecular weight excluding hydrogens is 382 g/mol. The standard InChI is InChI=1S/C24H31NO5/c1-17(2)23(27)21-16-20(21)13-14-25-24(28)30-15-5-4-6-18-7-9-19(10-8-18)11-12-22(26)29-3/h7-12,20-21H,1,4-6,13-16H2,2-3H3,(H,25,28)/b12-11+. The average molecular weight is 414 g/mol. The molecule has 0 saturated heterocycles. The van der Waals surface area contributed by atoms with E-state index in [-0.39, 0.29) is 17.7 Å². The minimum absolute atomic E-state index is 0.0956. The molecule has 1 aromatic rings. The highest BCUT2D eigenvalue weighted by Gasteiger charge is 2.41. The van der Waals surface area contributed by atoms with Crippen LogP contribution in [0.1, 0.15) is 43.7 Å². The molecule has 1 N–H and O–H groups in total. The van der Waals surface area contributed by atoms with E-state index in [0.29, 0.717) is 24.6 Å². The van der Waals surface area contributed by atoms with E-state index in [4.69, 9.17) is 4.74 Å². The van der Waals surface area contributed by atoms with Gasteiger partial charge in [0.1, 0.15) is 0 Å². The number of hydrogen-bond acceptors (Lipinski definition) is 5. The summed E-state index contributed by atoms with van der Waals surface area (Å²) in [7, 11) is 1.35. The Labute approximate surface area is 178 Å².